The number of carbonyl (C=O) groups is 2. The van der Waals surface area contributed by atoms with Gasteiger partial charge in [0.05, 0.1) is 26.2 Å². The maximum absolute atomic E-state index is 14.5. The standard InChI is InChI=1S/C36H36Cl2F3N3O4S/c1-4-25(3)42-35(46)33(20-26-9-6-5-7-10-26)43(22-27-15-18-31(37)32(38)19-27)34(45)23-44(29-12-8-11-28(21-29)36(39,40)41)49(47,48)30-16-13-24(2)14-17-30/h5-19,21,25,33H,4,20,22-23H2,1-3H3,(H,42,46)/t25-,33-/m0/s1. The second-order valence-corrected chi connectivity index (χ2v) is 14.3. The van der Waals surface area contributed by atoms with Crippen LogP contribution in [0.25, 0.3) is 0 Å². The molecule has 4 aromatic rings. The third kappa shape index (κ3) is 9.77. The summed E-state index contributed by atoms with van der Waals surface area (Å²) >= 11 is 12.4. The number of sulfonamides is 1. The van der Waals surface area contributed by atoms with Crippen molar-refractivity contribution in [2.45, 2.75) is 63.3 Å². The Kier molecular flexibility index (Phi) is 12.4. The number of nitrogens with zero attached hydrogens (tertiary/aromatic N) is 2. The Morgan fingerprint density at radius 3 is 2.14 bits per heavy atom. The second-order valence-electron chi connectivity index (χ2n) is 11.7. The molecule has 1 N–H and O–H groups in total. The number of aryl methyl sites for hydroxylation is 1. The summed E-state index contributed by atoms with van der Waals surface area (Å²) in [5.74, 6) is -1.32. The molecule has 0 aliphatic heterocycles. The summed E-state index contributed by atoms with van der Waals surface area (Å²) in [5, 5.41) is 3.38. The van der Waals surface area contributed by atoms with Crippen LogP contribution in [0.2, 0.25) is 10.0 Å². The summed E-state index contributed by atoms with van der Waals surface area (Å²) in [7, 11) is -4.60. The van der Waals surface area contributed by atoms with E-state index in [1.54, 1.807) is 55.5 Å². The van der Waals surface area contributed by atoms with Crippen molar-refractivity contribution in [3.8, 4) is 0 Å². The predicted molar refractivity (Wildman–Crippen MR) is 186 cm³/mol. The van der Waals surface area contributed by atoms with E-state index < -0.39 is 46.2 Å². The van der Waals surface area contributed by atoms with Crippen LogP contribution in [0.1, 0.15) is 42.5 Å². The molecule has 0 spiro atoms. The minimum Gasteiger partial charge on any atom is -0.352 e. The Morgan fingerprint density at radius 2 is 1.53 bits per heavy atom. The van der Waals surface area contributed by atoms with Gasteiger partial charge in [-0.05, 0) is 73.9 Å². The highest BCUT2D eigenvalue weighted by molar-refractivity contribution is 7.92. The second kappa shape index (κ2) is 16.1. The highest BCUT2D eigenvalue weighted by atomic mass is 35.5. The SMILES string of the molecule is CC[C@H](C)NC(=O)[C@H](Cc1ccccc1)N(Cc1ccc(Cl)c(Cl)c1)C(=O)CN(c1cccc(C(F)(F)F)c1)S(=O)(=O)c1ccc(C)cc1. The minimum atomic E-state index is -4.78. The molecule has 13 heteroatoms. The van der Waals surface area contributed by atoms with Crippen LogP contribution in [-0.4, -0.2) is 43.8 Å². The van der Waals surface area contributed by atoms with E-state index in [1.807, 2.05) is 13.8 Å². The van der Waals surface area contributed by atoms with Crippen molar-refractivity contribution in [3.05, 3.63) is 129 Å². The third-order valence-electron chi connectivity index (χ3n) is 7.96. The van der Waals surface area contributed by atoms with Gasteiger partial charge in [-0.15, -0.1) is 0 Å². The first-order valence-corrected chi connectivity index (χ1v) is 17.6. The number of benzene rings is 4. The molecule has 0 bridgehead atoms. The molecular weight excluding hydrogens is 698 g/mol. The number of carbonyl (C=O) groups excluding carboxylic acids is 2. The van der Waals surface area contributed by atoms with Crippen LogP contribution >= 0.6 is 23.2 Å². The minimum absolute atomic E-state index is 0.0600. The van der Waals surface area contributed by atoms with Crippen molar-refractivity contribution >= 4 is 50.7 Å². The van der Waals surface area contributed by atoms with Crippen LogP contribution in [0, 0.1) is 6.92 Å². The maximum atomic E-state index is 14.5. The van der Waals surface area contributed by atoms with E-state index in [2.05, 4.69) is 5.32 Å². The van der Waals surface area contributed by atoms with E-state index >= 15 is 0 Å². The summed E-state index contributed by atoms with van der Waals surface area (Å²) < 4.78 is 70.4. The topological polar surface area (TPSA) is 86.8 Å². The fraction of sp³-hybridized carbons (Fsp3) is 0.278. The average molecular weight is 735 g/mol. The zero-order chi connectivity index (χ0) is 35.9. The number of nitrogens with one attached hydrogen (secondary N) is 1. The van der Waals surface area contributed by atoms with Crippen molar-refractivity contribution in [1.29, 1.82) is 0 Å². The van der Waals surface area contributed by atoms with Crippen molar-refractivity contribution in [3.63, 3.8) is 0 Å². The van der Waals surface area contributed by atoms with Crippen LogP contribution in [0.3, 0.4) is 0 Å². The lowest BCUT2D eigenvalue weighted by molar-refractivity contribution is -0.140. The monoisotopic (exact) mass is 733 g/mol. The fourth-order valence-corrected chi connectivity index (χ4v) is 6.76. The number of rotatable bonds is 13. The van der Waals surface area contributed by atoms with E-state index in [1.165, 1.54) is 35.2 Å². The van der Waals surface area contributed by atoms with E-state index in [0.717, 1.165) is 23.3 Å². The van der Waals surface area contributed by atoms with Gasteiger partial charge in [0.2, 0.25) is 11.8 Å². The first kappa shape index (κ1) is 37.8. The molecule has 0 heterocycles. The maximum Gasteiger partial charge on any atom is 0.416 e. The molecule has 7 nitrogen and oxygen atoms in total. The van der Waals surface area contributed by atoms with Crippen molar-refractivity contribution in [2.75, 3.05) is 10.8 Å². The highest BCUT2D eigenvalue weighted by Gasteiger charge is 2.36. The summed E-state index contributed by atoms with van der Waals surface area (Å²) in [5.41, 5.74) is 0.500. The quantitative estimate of drug-likeness (QED) is 0.151. The van der Waals surface area contributed by atoms with Gasteiger partial charge in [-0.25, -0.2) is 8.42 Å². The highest BCUT2D eigenvalue weighted by Crippen LogP contribution is 2.34. The average Bonchev–Trinajstić information content (AvgIpc) is 3.06. The van der Waals surface area contributed by atoms with Crippen LogP contribution in [0.4, 0.5) is 18.9 Å². The Hall–Kier alpha value is -4.06. The van der Waals surface area contributed by atoms with Gasteiger partial charge in [0.15, 0.2) is 0 Å². The van der Waals surface area contributed by atoms with Gasteiger partial charge < -0.3 is 10.2 Å². The third-order valence-corrected chi connectivity index (χ3v) is 10.5. The van der Waals surface area contributed by atoms with Crippen LogP contribution in [0.15, 0.2) is 102 Å². The molecule has 0 unspecified atom stereocenters. The van der Waals surface area contributed by atoms with Gasteiger partial charge >= 0.3 is 6.18 Å². The molecule has 0 radical (unpaired) electrons. The van der Waals surface area contributed by atoms with Crippen LogP contribution in [-0.2, 0) is 38.8 Å². The van der Waals surface area contributed by atoms with Gasteiger partial charge in [0.1, 0.15) is 12.6 Å². The van der Waals surface area contributed by atoms with Gasteiger partial charge in [-0.1, -0.05) is 90.3 Å². The van der Waals surface area contributed by atoms with Crippen molar-refractivity contribution in [1.82, 2.24) is 10.2 Å². The lowest BCUT2D eigenvalue weighted by Gasteiger charge is -2.34. The van der Waals surface area contributed by atoms with Crippen molar-refractivity contribution in [2.24, 2.45) is 0 Å². The molecule has 0 saturated heterocycles. The molecule has 2 atom stereocenters. The molecule has 49 heavy (non-hydrogen) atoms. The molecule has 260 valence electrons. The Balaban J connectivity index is 1.86. The summed E-state index contributed by atoms with van der Waals surface area (Å²) in [6.45, 7) is 4.34. The molecule has 0 aliphatic carbocycles. The van der Waals surface area contributed by atoms with E-state index in [-0.39, 0.29) is 39.6 Å². The molecule has 4 aromatic carbocycles. The Bertz CT molecular complexity index is 1870. The molecule has 0 saturated carbocycles. The molecular formula is C36H36Cl2F3N3O4S. The molecule has 0 aliphatic rings. The number of hydrogen-bond acceptors (Lipinski definition) is 4. The smallest absolute Gasteiger partial charge is 0.352 e. The van der Waals surface area contributed by atoms with E-state index in [0.29, 0.717) is 22.4 Å². The number of amides is 2. The lowest BCUT2D eigenvalue weighted by atomic mass is 10.0. The molecule has 0 aromatic heterocycles. The first-order valence-electron chi connectivity index (χ1n) is 15.4. The molecule has 2 amide bonds. The first-order chi connectivity index (χ1) is 23.1. The van der Waals surface area contributed by atoms with E-state index in [9.17, 15) is 31.2 Å². The van der Waals surface area contributed by atoms with Gasteiger partial charge in [-0.2, -0.15) is 13.2 Å². The summed E-state index contributed by atoms with van der Waals surface area (Å²) in [6, 6.07) is 21.7. The van der Waals surface area contributed by atoms with Gasteiger partial charge in [0, 0.05) is 19.0 Å². The number of halogens is 5. The lowest BCUT2D eigenvalue weighted by Crippen LogP contribution is -2.54. The Morgan fingerprint density at radius 1 is 0.857 bits per heavy atom. The fourth-order valence-electron chi connectivity index (χ4n) is 5.03. The van der Waals surface area contributed by atoms with Crippen molar-refractivity contribution < 1.29 is 31.2 Å². The summed E-state index contributed by atoms with van der Waals surface area (Å²) in [6.07, 6.45) is -4.12. The number of anilines is 1. The number of alkyl halides is 3. The predicted octanol–water partition coefficient (Wildman–Crippen LogP) is 8.07. The van der Waals surface area contributed by atoms with E-state index in [4.69, 9.17) is 23.2 Å². The normalized spacial score (nSPS) is 13.0. The largest absolute Gasteiger partial charge is 0.416 e. The van der Waals surface area contributed by atoms with Gasteiger partial charge in [0.25, 0.3) is 10.0 Å². The van der Waals surface area contributed by atoms with Crippen LogP contribution < -0.4 is 9.62 Å². The van der Waals surface area contributed by atoms with Gasteiger partial charge in [-0.3, -0.25) is 13.9 Å². The molecule has 4 rings (SSSR count). The zero-order valence-electron chi connectivity index (χ0n) is 27.0. The molecule has 0 fully saturated rings. The summed E-state index contributed by atoms with van der Waals surface area (Å²) in [4.78, 5) is 29.5. The number of hydrogen-bond donors (Lipinski definition) is 1. The zero-order valence-corrected chi connectivity index (χ0v) is 29.4. The van der Waals surface area contributed by atoms with Crippen LogP contribution in [0.5, 0.6) is 0 Å². The Labute approximate surface area is 294 Å².